The summed E-state index contributed by atoms with van der Waals surface area (Å²) in [5.41, 5.74) is 7.01. The third-order valence-corrected chi connectivity index (χ3v) is 3.88. The predicted molar refractivity (Wildman–Crippen MR) is 92.6 cm³/mol. The molecule has 0 bridgehead atoms. The third-order valence-electron chi connectivity index (χ3n) is 3.88. The van der Waals surface area contributed by atoms with Crippen molar-refractivity contribution in [1.82, 2.24) is 19.7 Å². The van der Waals surface area contributed by atoms with Crippen LogP contribution in [0.1, 0.15) is 0 Å². The molecule has 0 aliphatic carbocycles. The summed E-state index contributed by atoms with van der Waals surface area (Å²) in [6.45, 7) is 0. The summed E-state index contributed by atoms with van der Waals surface area (Å²) in [5.74, 6) is -0.255. The second kappa shape index (κ2) is 6.07. The molecule has 4 aromatic rings. The molecule has 4 rings (SSSR count). The third kappa shape index (κ3) is 2.71. The van der Waals surface area contributed by atoms with E-state index in [0.29, 0.717) is 16.7 Å². The van der Waals surface area contributed by atoms with Crippen LogP contribution in [0.15, 0.2) is 48.8 Å². The molecule has 2 aromatic heterocycles. The number of rotatable bonds is 3. The van der Waals surface area contributed by atoms with E-state index in [1.165, 1.54) is 41.3 Å². The van der Waals surface area contributed by atoms with Gasteiger partial charge in [0.25, 0.3) is 0 Å². The van der Waals surface area contributed by atoms with Gasteiger partial charge in [0.1, 0.15) is 41.0 Å². The topological polar surface area (TPSA) is 78.9 Å². The average molecular weight is 353 g/mol. The van der Waals surface area contributed by atoms with E-state index >= 15 is 0 Å². The zero-order valence-corrected chi connectivity index (χ0v) is 13.6. The number of aryl methyl sites for hydroxylation is 1. The lowest BCUT2D eigenvalue weighted by atomic mass is 10.1. The van der Waals surface area contributed by atoms with Gasteiger partial charge in [-0.2, -0.15) is 5.10 Å². The fourth-order valence-electron chi connectivity index (χ4n) is 2.72. The summed E-state index contributed by atoms with van der Waals surface area (Å²) in [5, 5.41) is 4.79. The highest BCUT2D eigenvalue weighted by atomic mass is 19.1. The van der Waals surface area contributed by atoms with Gasteiger partial charge in [0.05, 0.1) is 5.39 Å². The maximum Gasteiger partial charge on any atom is 0.163 e. The molecule has 26 heavy (non-hydrogen) atoms. The van der Waals surface area contributed by atoms with E-state index in [1.807, 2.05) is 0 Å². The van der Waals surface area contributed by atoms with Gasteiger partial charge in [-0.05, 0) is 24.3 Å². The van der Waals surface area contributed by atoms with Crippen LogP contribution in [0.4, 0.5) is 14.6 Å². The SMILES string of the molecule is Cn1nc(-c2ccc(Oc3cccc(F)c3)cc2F)c2c(N)ncnc21. The Labute approximate surface area is 146 Å². The van der Waals surface area contributed by atoms with Gasteiger partial charge in [-0.25, -0.2) is 23.4 Å². The Morgan fingerprint density at radius 1 is 1.04 bits per heavy atom. The number of nitrogens with zero attached hydrogens (tertiary/aromatic N) is 4. The van der Waals surface area contributed by atoms with E-state index in [4.69, 9.17) is 10.5 Å². The lowest BCUT2D eigenvalue weighted by molar-refractivity contribution is 0.471. The maximum atomic E-state index is 14.7. The maximum absolute atomic E-state index is 14.7. The predicted octanol–water partition coefficient (Wildman–Crippen LogP) is 3.68. The molecule has 2 heterocycles. The van der Waals surface area contributed by atoms with E-state index < -0.39 is 11.6 Å². The quantitative estimate of drug-likeness (QED) is 0.608. The fourth-order valence-corrected chi connectivity index (χ4v) is 2.72. The number of fused-ring (bicyclic) bond motifs is 1. The average Bonchev–Trinajstić information content (AvgIpc) is 2.93. The highest BCUT2D eigenvalue weighted by Gasteiger charge is 2.18. The number of nitrogen functional groups attached to an aromatic ring is 1. The largest absolute Gasteiger partial charge is 0.457 e. The molecule has 8 heteroatoms. The van der Waals surface area contributed by atoms with E-state index in [0.717, 1.165) is 0 Å². The first-order chi connectivity index (χ1) is 12.5. The molecule has 0 unspecified atom stereocenters. The van der Waals surface area contributed by atoms with Crippen LogP contribution < -0.4 is 10.5 Å². The molecule has 2 aromatic carbocycles. The Morgan fingerprint density at radius 3 is 2.62 bits per heavy atom. The standard InChI is InChI=1S/C18H13F2N5O/c1-25-18-15(17(21)22-9-23-18)16(24-25)13-6-5-12(8-14(13)20)26-11-4-2-3-10(19)7-11/h2-9H,1H3,(H2,21,22,23). The van der Waals surface area contributed by atoms with Gasteiger partial charge >= 0.3 is 0 Å². The number of benzene rings is 2. The van der Waals surface area contributed by atoms with Gasteiger partial charge in [-0.15, -0.1) is 0 Å². The van der Waals surface area contributed by atoms with Crippen molar-refractivity contribution in [3.63, 3.8) is 0 Å². The number of ether oxygens (including phenoxy) is 1. The summed E-state index contributed by atoms with van der Waals surface area (Å²) in [7, 11) is 1.69. The summed E-state index contributed by atoms with van der Waals surface area (Å²) in [6, 6.07) is 9.92. The lowest BCUT2D eigenvalue weighted by Crippen LogP contribution is -1.95. The number of aromatic nitrogens is 4. The Morgan fingerprint density at radius 2 is 1.85 bits per heavy atom. The monoisotopic (exact) mass is 353 g/mol. The summed E-state index contributed by atoms with van der Waals surface area (Å²) >= 11 is 0. The smallest absolute Gasteiger partial charge is 0.163 e. The molecular formula is C18H13F2N5O. The normalized spacial score (nSPS) is 11.0. The highest BCUT2D eigenvalue weighted by molar-refractivity contribution is 5.98. The van der Waals surface area contributed by atoms with Crippen molar-refractivity contribution >= 4 is 16.9 Å². The first-order valence-electron chi connectivity index (χ1n) is 7.69. The second-order valence-corrected chi connectivity index (χ2v) is 5.63. The van der Waals surface area contributed by atoms with Gasteiger partial charge in [0.2, 0.25) is 0 Å². The van der Waals surface area contributed by atoms with Crippen LogP contribution in [0.3, 0.4) is 0 Å². The van der Waals surface area contributed by atoms with Gasteiger partial charge in [0, 0.05) is 24.7 Å². The van der Waals surface area contributed by atoms with Crippen LogP contribution in [-0.4, -0.2) is 19.7 Å². The van der Waals surface area contributed by atoms with E-state index in [-0.39, 0.29) is 22.9 Å². The first-order valence-corrected chi connectivity index (χ1v) is 7.69. The number of nitrogens with two attached hydrogens (primary N) is 1. The number of halogens is 2. The number of anilines is 1. The molecule has 2 N–H and O–H groups in total. The minimum atomic E-state index is -0.554. The van der Waals surface area contributed by atoms with Gasteiger partial charge < -0.3 is 10.5 Å². The van der Waals surface area contributed by atoms with E-state index in [9.17, 15) is 8.78 Å². The minimum Gasteiger partial charge on any atom is -0.457 e. The van der Waals surface area contributed by atoms with E-state index in [1.54, 1.807) is 19.2 Å². The van der Waals surface area contributed by atoms with Crippen molar-refractivity contribution in [3.05, 3.63) is 60.4 Å². The highest BCUT2D eigenvalue weighted by Crippen LogP contribution is 2.33. The van der Waals surface area contributed by atoms with Gasteiger partial charge in [-0.3, -0.25) is 0 Å². The molecule has 0 amide bonds. The molecule has 0 radical (unpaired) electrons. The van der Waals surface area contributed by atoms with Crippen molar-refractivity contribution in [2.24, 2.45) is 7.05 Å². The molecule has 0 spiro atoms. The van der Waals surface area contributed by atoms with Crippen LogP contribution in [-0.2, 0) is 7.05 Å². The van der Waals surface area contributed by atoms with Crippen LogP contribution in [0.2, 0.25) is 0 Å². The molecule has 0 atom stereocenters. The van der Waals surface area contributed by atoms with Crippen molar-refractivity contribution < 1.29 is 13.5 Å². The van der Waals surface area contributed by atoms with Crippen molar-refractivity contribution in [2.45, 2.75) is 0 Å². The van der Waals surface area contributed by atoms with E-state index in [2.05, 4.69) is 15.1 Å². The zero-order chi connectivity index (χ0) is 18.3. The summed E-state index contributed by atoms with van der Waals surface area (Å²) in [6.07, 6.45) is 1.33. The van der Waals surface area contributed by atoms with Crippen LogP contribution >= 0.6 is 0 Å². The van der Waals surface area contributed by atoms with Crippen LogP contribution in [0.5, 0.6) is 11.5 Å². The molecule has 6 nitrogen and oxygen atoms in total. The molecule has 0 aliphatic rings. The van der Waals surface area contributed by atoms with Crippen molar-refractivity contribution in [1.29, 1.82) is 0 Å². The van der Waals surface area contributed by atoms with Crippen LogP contribution in [0.25, 0.3) is 22.3 Å². The minimum absolute atomic E-state index is 0.220. The fraction of sp³-hybridized carbons (Fsp3) is 0.0556. The van der Waals surface area contributed by atoms with Crippen LogP contribution in [0, 0.1) is 11.6 Å². The molecule has 0 saturated heterocycles. The van der Waals surface area contributed by atoms with Gasteiger partial charge in [0.15, 0.2) is 5.65 Å². The van der Waals surface area contributed by atoms with Crippen molar-refractivity contribution in [2.75, 3.05) is 5.73 Å². The summed E-state index contributed by atoms with van der Waals surface area (Å²) < 4.78 is 34.9. The molecular weight excluding hydrogens is 340 g/mol. The first kappa shape index (κ1) is 15.9. The molecule has 0 fully saturated rings. The Balaban J connectivity index is 1.75. The number of hydrogen-bond donors (Lipinski definition) is 1. The number of hydrogen-bond acceptors (Lipinski definition) is 5. The second-order valence-electron chi connectivity index (χ2n) is 5.63. The zero-order valence-electron chi connectivity index (χ0n) is 13.6. The molecule has 130 valence electrons. The van der Waals surface area contributed by atoms with Gasteiger partial charge in [-0.1, -0.05) is 6.07 Å². The Kier molecular flexibility index (Phi) is 3.72. The lowest BCUT2D eigenvalue weighted by Gasteiger charge is -2.08. The Hall–Kier alpha value is -3.55. The molecule has 0 aliphatic heterocycles. The Bertz CT molecular complexity index is 1130. The van der Waals surface area contributed by atoms with Crippen molar-refractivity contribution in [3.8, 4) is 22.8 Å². The summed E-state index contributed by atoms with van der Waals surface area (Å²) in [4.78, 5) is 8.07. The molecule has 0 saturated carbocycles.